The lowest BCUT2D eigenvalue weighted by molar-refractivity contribution is -0.00000304. The van der Waals surface area contributed by atoms with Gasteiger partial charge >= 0.3 is 0 Å². The van der Waals surface area contributed by atoms with Crippen LogP contribution >= 0.6 is 0 Å². The van der Waals surface area contributed by atoms with Crippen molar-refractivity contribution in [3.8, 4) is 0 Å². The van der Waals surface area contributed by atoms with Crippen molar-refractivity contribution >= 4 is 6.08 Å². The molecule has 0 spiro atoms. The third-order valence-electron chi connectivity index (χ3n) is 1.92. The van der Waals surface area contributed by atoms with Crippen molar-refractivity contribution in [3.63, 3.8) is 0 Å². The quantitative estimate of drug-likeness (QED) is 0.692. The molecule has 1 nitrogen and oxygen atoms in total. The molecule has 0 radical (unpaired) electrons. The lowest BCUT2D eigenvalue weighted by atomic mass is 10.2. The predicted molar refractivity (Wildman–Crippen MR) is 63.2 cm³/mol. The van der Waals surface area contributed by atoms with Crippen LogP contribution in [0.25, 0.3) is 6.08 Å². The van der Waals surface area contributed by atoms with Crippen LogP contribution in [-0.4, -0.2) is 13.1 Å². The Labute approximate surface area is 99.0 Å². The Morgan fingerprint density at radius 2 is 1.87 bits per heavy atom. The van der Waals surface area contributed by atoms with Crippen LogP contribution in [0.1, 0.15) is 19.4 Å². The zero-order chi connectivity index (χ0) is 10.2. The molecule has 15 heavy (non-hydrogen) atoms. The Hall–Kier alpha value is -0.790. The summed E-state index contributed by atoms with van der Waals surface area (Å²) in [7, 11) is 0. The highest BCUT2D eigenvalue weighted by molar-refractivity contribution is 5.48. The highest BCUT2D eigenvalue weighted by Gasteiger charge is 1.89. The highest BCUT2D eigenvalue weighted by Crippen LogP contribution is 1.99. The summed E-state index contributed by atoms with van der Waals surface area (Å²) in [4.78, 5) is 0. The van der Waals surface area contributed by atoms with Crippen molar-refractivity contribution in [3.05, 3.63) is 42.0 Å². The first-order valence-electron chi connectivity index (χ1n) is 5.21. The first-order valence-corrected chi connectivity index (χ1v) is 5.21. The Morgan fingerprint density at radius 3 is 2.47 bits per heavy atom. The van der Waals surface area contributed by atoms with Crippen molar-refractivity contribution in [1.29, 1.82) is 0 Å². The van der Waals surface area contributed by atoms with Gasteiger partial charge in [0.05, 0.1) is 0 Å². The molecule has 1 aromatic carbocycles. The zero-order valence-corrected chi connectivity index (χ0v) is 10.2. The topological polar surface area (TPSA) is 12.0 Å². The van der Waals surface area contributed by atoms with E-state index in [0.717, 1.165) is 19.0 Å². The largest absolute Gasteiger partial charge is 1.00 e. The molecular weight excluding hydrogens is 206 g/mol. The molecule has 1 rings (SSSR count). The van der Waals surface area contributed by atoms with Crippen LogP contribution in [0.15, 0.2) is 36.4 Å². The van der Waals surface area contributed by atoms with E-state index in [1.807, 2.05) is 6.07 Å². The average molecular weight is 225 g/mol. The van der Waals surface area contributed by atoms with E-state index >= 15 is 0 Å². The van der Waals surface area contributed by atoms with Gasteiger partial charge in [0.2, 0.25) is 0 Å². The van der Waals surface area contributed by atoms with E-state index in [1.165, 1.54) is 5.56 Å². The second kappa shape index (κ2) is 8.51. The maximum absolute atomic E-state index is 3.37. The summed E-state index contributed by atoms with van der Waals surface area (Å²) in [5.41, 5.74) is 1.26. The first kappa shape index (κ1) is 14.2. The molecule has 0 heterocycles. The number of rotatable bonds is 5. The third-order valence-corrected chi connectivity index (χ3v) is 1.92. The molecule has 1 N–H and O–H groups in total. The molecule has 0 unspecified atom stereocenters. The second-order valence-electron chi connectivity index (χ2n) is 3.87. The number of benzene rings is 1. The molecule has 0 amide bonds. The molecule has 2 heteroatoms. The molecule has 0 fully saturated rings. The van der Waals surface area contributed by atoms with Gasteiger partial charge in [-0.15, -0.1) is 0 Å². The number of nitrogens with one attached hydrogen (secondary N) is 1. The van der Waals surface area contributed by atoms with Gasteiger partial charge < -0.3 is 17.7 Å². The normalized spacial score (nSPS) is 10.6. The van der Waals surface area contributed by atoms with Gasteiger partial charge in [0.1, 0.15) is 0 Å². The molecule has 0 aliphatic rings. The molecule has 0 saturated carbocycles. The van der Waals surface area contributed by atoms with E-state index in [1.54, 1.807) is 0 Å². The summed E-state index contributed by atoms with van der Waals surface area (Å²) in [5.74, 6) is 0.722. The van der Waals surface area contributed by atoms with E-state index in [9.17, 15) is 0 Å². The second-order valence-corrected chi connectivity index (χ2v) is 3.87. The van der Waals surface area contributed by atoms with Gasteiger partial charge in [0.15, 0.2) is 0 Å². The Balaban J connectivity index is 0.00000196. The van der Waals surface area contributed by atoms with Crippen molar-refractivity contribution < 1.29 is 12.4 Å². The van der Waals surface area contributed by atoms with Crippen molar-refractivity contribution in [1.82, 2.24) is 5.32 Å². The minimum Gasteiger partial charge on any atom is -1.00 e. The van der Waals surface area contributed by atoms with Crippen LogP contribution in [0.5, 0.6) is 0 Å². The Morgan fingerprint density at radius 1 is 1.20 bits per heavy atom. The number of hydrogen-bond donors (Lipinski definition) is 1. The summed E-state index contributed by atoms with van der Waals surface area (Å²) in [6, 6.07) is 10.4. The lowest BCUT2D eigenvalue weighted by Gasteiger charge is -2.03. The summed E-state index contributed by atoms with van der Waals surface area (Å²) in [6.07, 6.45) is 4.31. The third kappa shape index (κ3) is 7.18. The van der Waals surface area contributed by atoms with Gasteiger partial charge in [-0.2, -0.15) is 0 Å². The predicted octanol–water partition coefficient (Wildman–Crippen LogP) is -0.0506. The molecule has 0 aromatic heterocycles. The summed E-state index contributed by atoms with van der Waals surface area (Å²) < 4.78 is 0. The van der Waals surface area contributed by atoms with E-state index in [-0.39, 0.29) is 12.4 Å². The van der Waals surface area contributed by atoms with Crippen LogP contribution < -0.4 is 17.7 Å². The summed E-state index contributed by atoms with van der Waals surface area (Å²) >= 11 is 0. The lowest BCUT2D eigenvalue weighted by Crippen LogP contribution is -3.00. The van der Waals surface area contributed by atoms with Crippen molar-refractivity contribution in [2.24, 2.45) is 5.92 Å². The standard InChI is InChI=1S/C13H19N.ClH/c1-12(2)11-14-10-6-9-13-7-4-3-5-8-13;/h3-9,12,14H,10-11H2,1-2H3;1H/p-1/b9-6+;. The molecule has 0 atom stereocenters. The average Bonchev–Trinajstić information content (AvgIpc) is 2.18. The monoisotopic (exact) mass is 224 g/mol. The van der Waals surface area contributed by atoms with Crippen LogP contribution in [0.2, 0.25) is 0 Å². The van der Waals surface area contributed by atoms with Crippen LogP contribution in [0, 0.1) is 5.92 Å². The van der Waals surface area contributed by atoms with E-state index in [0.29, 0.717) is 0 Å². The zero-order valence-electron chi connectivity index (χ0n) is 9.41. The SMILES string of the molecule is CC(C)CNC/C=C/c1ccccc1.[Cl-]. The molecule has 0 aliphatic heterocycles. The van der Waals surface area contributed by atoms with Crippen LogP contribution in [0.3, 0.4) is 0 Å². The molecular formula is C13H19ClN-. The highest BCUT2D eigenvalue weighted by atomic mass is 35.5. The van der Waals surface area contributed by atoms with Crippen molar-refractivity contribution in [2.45, 2.75) is 13.8 Å². The number of halogens is 1. The fourth-order valence-electron chi connectivity index (χ4n) is 1.21. The molecule has 0 aliphatic carbocycles. The first-order chi connectivity index (χ1) is 6.79. The van der Waals surface area contributed by atoms with Crippen molar-refractivity contribution in [2.75, 3.05) is 13.1 Å². The minimum atomic E-state index is 0. The van der Waals surface area contributed by atoms with Crippen LogP contribution in [-0.2, 0) is 0 Å². The van der Waals surface area contributed by atoms with E-state index in [2.05, 4.69) is 55.6 Å². The summed E-state index contributed by atoms with van der Waals surface area (Å²) in [5, 5.41) is 3.37. The number of hydrogen-bond acceptors (Lipinski definition) is 1. The van der Waals surface area contributed by atoms with Gasteiger partial charge in [-0.3, -0.25) is 0 Å². The van der Waals surface area contributed by atoms with Crippen LogP contribution in [0.4, 0.5) is 0 Å². The van der Waals surface area contributed by atoms with Gasteiger partial charge in [-0.25, -0.2) is 0 Å². The van der Waals surface area contributed by atoms with Gasteiger partial charge in [-0.1, -0.05) is 56.3 Å². The summed E-state index contributed by atoms with van der Waals surface area (Å²) in [6.45, 7) is 6.47. The van der Waals surface area contributed by atoms with E-state index in [4.69, 9.17) is 0 Å². The fraction of sp³-hybridized carbons (Fsp3) is 0.385. The minimum absolute atomic E-state index is 0. The smallest absolute Gasteiger partial charge is 0.0138 e. The fourth-order valence-corrected chi connectivity index (χ4v) is 1.21. The maximum atomic E-state index is 3.37. The molecule has 1 aromatic rings. The van der Waals surface area contributed by atoms with Gasteiger partial charge in [0, 0.05) is 6.54 Å². The molecule has 0 bridgehead atoms. The Kier molecular flexibility index (Phi) is 8.06. The van der Waals surface area contributed by atoms with Gasteiger partial charge in [0.25, 0.3) is 0 Å². The molecule has 84 valence electrons. The van der Waals surface area contributed by atoms with E-state index < -0.39 is 0 Å². The maximum Gasteiger partial charge on any atom is 0.0138 e. The van der Waals surface area contributed by atoms with Gasteiger partial charge in [-0.05, 0) is 18.0 Å². The Bertz CT molecular complexity index is 267. The molecule has 0 saturated heterocycles.